The zero-order valence-corrected chi connectivity index (χ0v) is 14.6. The largest absolute Gasteiger partial charge is 0.354 e. The lowest BCUT2D eigenvalue weighted by Gasteiger charge is -2.23. The molecule has 1 aliphatic carbocycles. The van der Waals surface area contributed by atoms with Crippen molar-refractivity contribution in [3.05, 3.63) is 35.9 Å². The summed E-state index contributed by atoms with van der Waals surface area (Å²) in [6, 6.07) is 8.56. The number of rotatable bonds is 5. The first-order valence-electron chi connectivity index (χ1n) is 8.97. The first-order chi connectivity index (χ1) is 12.0. The zero-order valence-electron chi connectivity index (χ0n) is 14.6. The van der Waals surface area contributed by atoms with E-state index < -0.39 is 17.5 Å². The van der Waals surface area contributed by atoms with E-state index in [0.717, 1.165) is 17.7 Å². The molecular weight excluding hydrogens is 318 g/mol. The van der Waals surface area contributed by atoms with Crippen molar-refractivity contribution in [2.24, 2.45) is 5.92 Å². The van der Waals surface area contributed by atoms with Gasteiger partial charge in [0.25, 0.3) is 5.91 Å². The minimum Gasteiger partial charge on any atom is -0.354 e. The number of imide groups is 1. The van der Waals surface area contributed by atoms with Crippen LogP contribution >= 0.6 is 0 Å². The molecule has 0 radical (unpaired) electrons. The Morgan fingerprint density at radius 2 is 1.88 bits per heavy atom. The van der Waals surface area contributed by atoms with Crippen molar-refractivity contribution in [3.8, 4) is 0 Å². The monoisotopic (exact) mass is 343 g/mol. The van der Waals surface area contributed by atoms with Gasteiger partial charge in [0.05, 0.1) is 0 Å². The summed E-state index contributed by atoms with van der Waals surface area (Å²) < 4.78 is 0. The maximum atomic E-state index is 12.7. The fourth-order valence-electron chi connectivity index (χ4n) is 3.66. The number of carbonyl (C=O) groups excluding carboxylic acids is 3. The summed E-state index contributed by atoms with van der Waals surface area (Å²) in [5.74, 6) is -0.168. The van der Waals surface area contributed by atoms with Crippen molar-refractivity contribution in [1.82, 2.24) is 15.5 Å². The Labute approximate surface area is 148 Å². The van der Waals surface area contributed by atoms with E-state index in [0.29, 0.717) is 18.0 Å². The van der Waals surface area contributed by atoms with Gasteiger partial charge >= 0.3 is 6.03 Å². The van der Waals surface area contributed by atoms with Gasteiger partial charge < -0.3 is 10.6 Å². The highest BCUT2D eigenvalue weighted by Gasteiger charge is 2.49. The van der Waals surface area contributed by atoms with Gasteiger partial charge in [0.1, 0.15) is 12.1 Å². The van der Waals surface area contributed by atoms with E-state index in [2.05, 4.69) is 10.6 Å². The molecule has 2 fully saturated rings. The van der Waals surface area contributed by atoms with Crippen LogP contribution in [0.1, 0.15) is 44.6 Å². The molecule has 0 aromatic heterocycles. The Hall–Kier alpha value is -2.37. The maximum Gasteiger partial charge on any atom is 0.325 e. The summed E-state index contributed by atoms with van der Waals surface area (Å²) in [7, 11) is 0. The van der Waals surface area contributed by atoms with Crippen LogP contribution in [0.15, 0.2) is 30.3 Å². The lowest BCUT2D eigenvalue weighted by atomic mass is 9.89. The first-order valence-corrected chi connectivity index (χ1v) is 8.97. The second kappa shape index (κ2) is 7.25. The Bertz CT molecular complexity index is 655. The number of benzene rings is 1. The van der Waals surface area contributed by atoms with Crippen molar-refractivity contribution in [2.75, 3.05) is 13.1 Å². The van der Waals surface area contributed by atoms with E-state index >= 15 is 0 Å². The third-order valence-corrected chi connectivity index (χ3v) is 5.24. The van der Waals surface area contributed by atoms with Crippen LogP contribution in [-0.4, -0.2) is 35.8 Å². The first kappa shape index (κ1) is 17.5. The molecule has 1 unspecified atom stereocenters. The lowest BCUT2D eigenvalue weighted by molar-refractivity contribution is -0.134. The van der Waals surface area contributed by atoms with E-state index in [1.165, 1.54) is 19.3 Å². The Kier molecular flexibility index (Phi) is 5.06. The third-order valence-electron chi connectivity index (χ3n) is 5.24. The molecule has 6 heteroatoms. The van der Waals surface area contributed by atoms with Crippen LogP contribution in [0.2, 0.25) is 0 Å². The summed E-state index contributed by atoms with van der Waals surface area (Å²) in [5, 5.41) is 5.59. The second-order valence-electron chi connectivity index (χ2n) is 7.12. The number of nitrogens with zero attached hydrogens (tertiary/aromatic N) is 1. The van der Waals surface area contributed by atoms with Gasteiger partial charge in [-0.05, 0) is 31.2 Å². The fourth-order valence-corrected chi connectivity index (χ4v) is 3.66. The Morgan fingerprint density at radius 3 is 2.56 bits per heavy atom. The van der Waals surface area contributed by atoms with E-state index in [9.17, 15) is 14.4 Å². The van der Waals surface area contributed by atoms with Gasteiger partial charge in [0.2, 0.25) is 5.91 Å². The van der Waals surface area contributed by atoms with Gasteiger partial charge in [-0.15, -0.1) is 0 Å². The maximum absolute atomic E-state index is 12.7. The molecule has 1 saturated carbocycles. The van der Waals surface area contributed by atoms with E-state index in [1.54, 1.807) is 19.1 Å². The van der Waals surface area contributed by atoms with Crippen molar-refractivity contribution >= 4 is 17.8 Å². The summed E-state index contributed by atoms with van der Waals surface area (Å²) in [6.07, 6.45) is 5.96. The van der Waals surface area contributed by atoms with Gasteiger partial charge in [-0.1, -0.05) is 49.6 Å². The van der Waals surface area contributed by atoms with Gasteiger partial charge in [0, 0.05) is 6.54 Å². The number of nitrogens with one attached hydrogen (secondary N) is 2. The van der Waals surface area contributed by atoms with Crippen molar-refractivity contribution in [3.63, 3.8) is 0 Å². The molecule has 2 N–H and O–H groups in total. The zero-order chi connectivity index (χ0) is 17.9. The molecule has 0 bridgehead atoms. The summed E-state index contributed by atoms with van der Waals surface area (Å²) in [5.41, 5.74) is -0.416. The molecule has 1 aromatic rings. The Morgan fingerprint density at radius 1 is 1.20 bits per heavy atom. The fraction of sp³-hybridized carbons (Fsp3) is 0.526. The molecular formula is C19H25N3O3. The minimum atomic E-state index is -1.12. The minimum absolute atomic E-state index is 0.236. The number of hydrogen-bond donors (Lipinski definition) is 2. The van der Waals surface area contributed by atoms with Crippen LogP contribution in [-0.2, 0) is 15.1 Å². The van der Waals surface area contributed by atoms with Crippen molar-refractivity contribution in [1.29, 1.82) is 0 Å². The molecule has 134 valence electrons. The van der Waals surface area contributed by atoms with Gasteiger partial charge in [-0.25, -0.2) is 4.79 Å². The van der Waals surface area contributed by atoms with Crippen LogP contribution in [0.25, 0.3) is 0 Å². The van der Waals surface area contributed by atoms with Crippen LogP contribution in [0.3, 0.4) is 0 Å². The topological polar surface area (TPSA) is 78.5 Å². The number of amides is 4. The smallest absolute Gasteiger partial charge is 0.325 e. The Balaban J connectivity index is 1.60. The van der Waals surface area contributed by atoms with E-state index in [1.807, 2.05) is 18.2 Å². The van der Waals surface area contributed by atoms with Crippen molar-refractivity contribution < 1.29 is 14.4 Å². The molecule has 2 aliphatic rings. The molecule has 1 heterocycles. The number of carbonyl (C=O) groups is 3. The van der Waals surface area contributed by atoms with E-state index in [-0.39, 0.29) is 12.5 Å². The van der Waals surface area contributed by atoms with Crippen LogP contribution in [0, 0.1) is 5.92 Å². The molecule has 4 amide bonds. The van der Waals surface area contributed by atoms with Gasteiger partial charge in [-0.2, -0.15) is 0 Å². The molecule has 1 aromatic carbocycles. The van der Waals surface area contributed by atoms with Crippen LogP contribution in [0.4, 0.5) is 4.79 Å². The molecule has 6 nitrogen and oxygen atoms in total. The van der Waals surface area contributed by atoms with Crippen LogP contribution < -0.4 is 10.6 Å². The second-order valence-corrected chi connectivity index (χ2v) is 7.12. The molecule has 1 saturated heterocycles. The summed E-state index contributed by atoms with van der Waals surface area (Å²) >= 11 is 0. The van der Waals surface area contributed by atoms with Crippen molar-refractivity contribution in [2.45, 2.75) is 44.6 Å². The number of urea groups is 1. The molecule has 25 heavy (non-hydrogen) atoms. The summed E-state index contributed by atoms with van der Waals surface area (Å²) in [6.45, 7) is 2.06. The van der Waals surface area contributed by atoms with Gasteiger partial charge in [0.15, 0.2) is 0 Å². The molecule has 1 aliphatic heterocycles. The average molecular weight is 343 g/mol. The molecule has 3 rings (SSSR count). The lowest BCUT2D eigenvalue weighted by Crippen LogP contribution is -2.44. The average Bonchev–Trinajstić information content (AvgIpc) is 2.86. The summed E-state index contributed by atoms with van der Waals surface area (Å²) in [4.78, 5) is 38.2. The normalized spacial score (nSPS) is 24.3. The highest BCUT2D eigenvalue weighted by Crippen LogP contribution is 2.28. The number of hydrogen-bond acceptors (Lipinski definition) is 3. The predicted octanol–water partition coefficient (Wildman–Crippen LogP) is 2.15. The SMILES string of the molecule is CC1(c2ccccc2)NC(=O)N(CC(=O)NCC2CCCCC2)C1=O. The van der Waals surface area contributed by atoms with Gasteiger partial charge in [-0.3, -0.25) is 14.5 Å². The highest BCUT2D eigenvalue weighted by atomic mass is 16.2. The predicted molar refractivity (Wildman–Crippen MR) is 93.6 cm³/mol. The quantitative estimate of drug-likeness (QED) is 0.804. The van der Waals surface area contributed by atoms with Crippen LogP contribution in [0.5, 0.6) is 0 Å². The third kappa shape index (κ3) is 3.67. The standard InChI is InChI=1S/C19H25N3O3/c1-19(15-10-6-3-7-11-15)17(24)22(18(25)21-19)13-16(23)20-12-14-8-4-2-5-9-14/h3,6-7,10-11,14H,2,4-5,8-9,12-13H2,1H3,(H,20,23)(H,21,25). The molecule has 1 atom stereocenters. The van der Waals surface area contributed by atoms with E-state index in [4.69, 9.17) is 0 Å². The highest BCUT2D eigenvalue weighted by molar-refractivity contribution is 6.09. The molecule has 0 spiro atoms.